The zero-order chi connectivity index (χ0) is 17.1. The molecule has 0 radical (unpaired) electrons. The number of carbonyl (C=O) groups is 2. The third kappa shape index (κ3) is 4.19. The Morgan fingerprint density at radius 3 is 2.42 bits per heavy atom. The summed E-state index contributed by atoms with van der Waals surface area (Å²) < 4.78 is 0. The van der Waals surface area contributed by atoms with E-state index in [1.807, 2.05) is 43.0 Å². The van der Waals surface area contributed by atoms with E-state index >= 15 is 0 Å². The minimum absolute atomic E-state index is 0.159. The Balaban J connectivity index is 1.55. The molecule has 2 fully saturated rings. The lowest BCUT2D eigenvalue weighted by Crippen LogP contribution is -2.50. The Hall–Kier alpha value is -2.24. The lowest BCUT2D eigenvalue weighted by molar-refractivity contribution is -0.136. The Bertz CT molecular complexity index is 596. The van der Waals surface area contributed by atoms with Gasteiger partial charge in [0.05, 0.1) is 0 Å². The standard InChI is InChI=1S/C18H26N4O2/c1-12(2)22-11-3-4-16(17(22)23)19-13-5-7-14(8-6-13)20-18(24)21-15-9-10-15/h5-8,12,15-16,19H,3-4,9-11H2,1-2H3,(H2,20,21,24). The fourth-order valence-electron chi connectivity index (χ4n) is 2.98. The van der Waals surface area contributed by atoms with Crippen LogP contribution in [0.4, 0.5) is 16.2 Å². The molecule has 0 spiro atoms. The molecule has 1 unspecified atom stereocenters. The van der Waals surface area contributed by atoms with Crippen molar-refractivity contribution in [3.8, 4) is 0 Å². The van der Waals surface area contributed by atoms with Gasteiger partial charge in [0.25, 0.3) is 0 Å². The molecule has 2 aliphatic rings. The number of anilines is 2. The van der Waals surface area contributed by atoms with E-state index in [1.54, 1.807) is 0 Å². The summed E-state index contributed by atoms with van der Waals surface area (Å²) in [4.78, 5) is 26.1. The molecule has 0 aromatic heterocycles. The first-order valence-electron chi connectivity index (χ1n) is 8.77. The maximum Gasteiger partial charge on any atom is 0.319 e. The van der Waals surface area contributed by atoms with Crippen LogP contribution in [0.2, 0.25) is 0 Å². The highest BCUT2D eigenvalue weighted by atomic mass is 16.2. The van der Waals surface area contributed by atoms with Crippen molar-refractivity contribution < 1.29 is 9.59 Å². The molecule has 1 aromatic carbocycles. The number of rotatable bonds is 5. The molecule has 0 bridgehead atoms. The number of amides is 3. The molecule has 1 saturated heterocycles. The molecule has 6 nitrogen and oxygen atoms in total. The number of nitrogens with one attached hydrogen (secondary N) is 3. The van der Waals surface area contributed by atoms with Crippen LogP contribution in [0.3, 0.4) is 0 Å². The van der Waals surface area contributed by atoms with Crippen molar-refractivity contribution in [3.63, 3.8) is 0 Å². The Labute approximate surface area is 143 Å². The topological polar surface area (TPSA) is 73.5 Å². The summed E-state index contributed by atoms with van der Waals surface area (Å²) in [5.74, 6) is 0.169. The number of benzene rings is 1. The van der Waals surface area contributed by atoms with Crippen molar-refractivity contribution in [1.82, 2.24) is 10.2 Å². The number of carbonyl (C=O) groups excluding carboxylic acids is 2. The maximum atomic E-state index is 12.5. The molecule has 1 aliphatic carbocycles. The van der Waals surface area contributed by atoms with Crippen molar-refractivity contribution in [2.45, 2.75) is 57.7 Å². The highest BCUT2D eigenvalue weighted by molar-refractivity contribution is 5.90. The van der Waals surface area contributed by atoms with Gasteiger partial charge in [-0.05, 0) is 63.8 Å². The van der Waals surface area contributed by atoms with Gasteiger partial charge in [-0.15, -0.1) is 0 Å². The average molecular weight is 330 g/mol. The predicted molar refractivity (Wildman–Crippen MR) is 95.1 cm³/mol. The van der Waals surface area contributed by atoms with Crippen LogP contribution in [0.25, 0.3) is 0 Å². The minimum Gasteiger partial charge on any atom is -0.374 e. The van der Waals surface area contributed by atoms with Crippen molar-refractivity contribution in [1.29, 1.82) is 0 Å². The highest BCUT2D eigenvalue weighted by Gasteiger charge is 2.30. The molecule has 130 valence electrons. The van der Waals surface area contributed by atoms with Gasteiger partial charge in [0.1, 0.15) is 6.04 Å². The molecule has 1 atom stereocenters. The van der Waals surface area contributed by atoms with Crippen LogP contribution >= 0.6 is 0 Å². The van der Waals surface area contributed by atoms with E-state index in [1.165, 1.54) is 0 Å². The Morgan fingerprint density at radius 2 is 1.79 bits per heavy atom. The van der Waals surface area contributed by atoms with Gasteiger partial charge in [0.15, 0.2) is 0 Å². The van der Waals surface area contributed by atoms with Gasteiger partial charge in [-0.25, -0.2) is 4.79 Å². The predicted octanol–water partition coefficient (Wildman–Crippen LogP) is 2.78. The second-order valence-corrected chi connectivity index (χ2v) is 6.91. The van der Waals surface area contributed by atoms with E-state index in [0.29, 0.717) is 6.04 Å². The SMILES string of the molecule is CC(C)N1CCCC(Nc2ccc(NC(=O)NC3CC3)cc2)C1=O. The Morgan fingerprint density at radius 1 is 1.12 bits per heavy atom. The van der Waals surface area contributed by atoms with Crippen LogP contribution in [-0.2, 0) is 4.79 Å². The summed E-state index contributed by atoms with van der Waals surface area (Å²) in [6.07, 6.45) is 4.01. The fourth-order valence-corrected chi connectivity index (χ4v) is 2.98. The molecule has 3 N–H and O–H groups in total. The van der Waals surface area contributed by atoms with E-state index in [-0.39, 0.29) is 24.0 Å². The Kier molecular flexibility index (Phi) is 4.92. The van der Waals surface area contributed by atoms with Crippen LogP contribution in [0.5, 0.6) is 0 Å². The summed E-state index contributed by atoms with van der Waals surface area (Å²) in [5, 5.41) is 9.03. The minimum atomic E-state index is -0.168. The van der Waals surface area contributed by atoms with Crippen molar-refractivity contribution in [2.75, 3.05) is 17.2 Å². The van der Waals surface area contributed by atoms with Crippen LogP contribution in [0.1, 0.15) is 39.5 Å². The fraction of sp³-hybridized carbons (Fsp3) is 0.556. The average Bonchev–Trinajstić information content (AvgIpc) is 3.34. The number of piperidine rings is 1. The van der Waals surface area contributed by atoms with Gasteiger partial charge in [0, 0.05) is 30.0 Å². The molecule has 3 rings (SSSR count). The molecule has 24 heavy (non-hydrogen) atoms. The highest BCUT2D eigenvalue weighted by Crippen LogP contribution is 2.21. The third-order valence-electron chi connectivity index (χ3n) is 4.49. The van der Waals surface area contributed by atoms with Crippen molar-refractivity contribution in [3.05, 3.63) is 24.3 Å². The number of hydrogen-bond acceptors (Lipinski definition) is 3. The van der Waals surface area contributed by atoms with Gasteiger partial charge in [-0.1, -0.05) is 0 Å². The van der Waals surface area contributed by atoms with Crippen LogP contribution < -0.4 is 16.0 Å². The van der Waals surface area contributed by atoms with E-state index in [4.69, 9.17) is 0 Å². The van der Waals surface area contributed by atoms with Gasteiger partial charge in [-0.2, -0.15) is 0 Å². The maximum absolute atomic E-state index is 12.5. The van der Waals surface area contributed by atoms with E-state index in [0.717, 1.165) is 43.6 Å². The zero-order valence-electron chi connectivity index (χ0n) is 14.3. The van der Waals surface area contributed by atoms with Gasteiger partial charge in [-0.3, -0.25) is 4.79 Å². The first-order chi connectivity index (χ1) is 11.5. The number of urea groups is 1. The summed E-state index contributed by atoms with van der Waals surface area (Å²) in [6, 6.07) is 7.74. The normalized spacial score (nSPS) is 20.9. The summed E-state index contributed by atoms with van der Waals surface area (Å²) in [5.41, 5.74) is 1.64. The van der Waals surface area contributed by atoms with E-state index in [9.17, 15) is 9.59 Å². The molecule has 1 heterocycles. The lowest BCUT2D eigenvalue weighted by Gasteiger charge is -2.35. The third-order valence-corrected chi connectivity index (χ3v) is 4.49. The molecule has 1 aromatic rings. The summed E-state index contributed by atoms with van der Waals surface area (Å²) in [6.45, 7) is 4.94. The van der Waals surface area contributed by atoms with Crippen LogP contribution in [0, 0.1) is 0 Å². The van der Waals surface area contributed by atoms with Gasteiger partial charge >= 0.3 is 6.03 Å². The number of nitrogens with zero attached hydrogens (tertiary/aromatic N) is 1. The van der Waals surface area contributed by atoms with E-state index < -0.39 is 0 Å². The molecule has 1 saturated carbocycles. The number of likely N-dealkylation sites (tertiary alicyclic amines) is 1. The van der Waals surface area contributed by atoms with E-state index in [2.05, 4.69) is 16.0 Å². The van der Waals surface area contributed by atoms with Crippen LogP contribution in [0.15, 0.2) is 24.3 Å². The second kappa shape index (κ2) is 7.11. The lowest BCUT2D eigenvalue weighted by atomic mass is 10.0. The monoisotopic (exact) mass is 330 g/mol. The first-order valence-corrected chi connectivity index (χ1v) is 8.77. The quantitative estimate of drug-likeness (QED) is 0.777. The summed E-state index contributed by atoms with van der Waals surface area (Å²) in [7, 11) is 0. The van der Waals surface area contributed by atoms with Gasteiger partial charge < -0.3 is 20.9 Å². The second-order valence-electron chi connectivity index (χ2n) is 6.91. The van der Waals surface area contributed by atoms with Crippen molar-refractivity contribution in [2.24, 2.45) is 0 Å². The van der Waals surface area contributed by atoms with Crippen LogP contribution in [-0.4, -0.2) is 41.5 Å². The molecule has 6 heteroatoms. The largest absolute Gasteiger partial charge is 0.374 e. The molecular weight excluding hydrogens is 304 g/mol. The smallest absolute Gasteiger partial charge is 0.319 e. The molecule has 1 aliphatic heterocycles. The zero-order valence-corrected chi connectivity index (χ0v) is 14.3. The molecule has 3 amide bonds. The first kappa shape index (κ1) is 16.6. The summed E-state index contributed by atoms with van der Waals surface area (Å²) >= 11 is 0. The number of hydrogen-bond donors (Lipinski definition) is 3. The van der Waals surface area contributed by atoms with Gasteiger partial charge in [0.2, 0.25) is 5.91 Å². The van der Waals surface area contributed by atoms with Crippen molar-refractivity contribution >= 4 is 23.3 Å². The molecular formula is C18H26N4O2.